The first-order valence-corrected chi connectivity index (χ1v) is 5.57. The summed E-state index contributed by atoms with van der Waals surface area (Å²) in [5, 5.41) is -0.541. The largest absolute Gasteiger partial charge is 0.416 e. The number of rotatable bonds is 2. The zero-order chi connectivity index (χ0) is 13.2. The van der Waals surface area contributed by atoms with Crippen LogP contribution in [-0.2, 0) is 16.5 Å². The van der Waals surface area contributed by atoms with Gasteiger partial charge in [0.25, 0.3) is 5.24 Å². The molecule has 1 aromatic carbocycles. The SMILES string of the molecule is O=C(Cl)c1ccc(C(F)(F)F)cc1C=S(=O)=O. The lowest BCUT2D eigenvalue weighted by atomic mass is 10.1. The molecule has 0 unspecified atom stereocenters. The highest BCUT2D eigenvalue weighted by atomic mass is 35.5. The van der Waals surface area contributed by atoms with E-state index in [-0.39, 0.29) is 5.56 Å². The van der Waals surface area contributed by atoms with E-state index in [1.54, 1.807) is 0 Å². The van der Waals surface area contributed by atoms with E-state index in [4.69, 9.17) is 11.6 Å². The molecule has 0 fully saturated rings. The summed E-state index contributed by atoms with van der Waals surface area (Å²) in [4.78, 5) is 10.9. The van der Waals surface area contributed by atoms with Gasteiger partial charge in [-0.3, -0.25) is 4.79 Å². The number of carbonyl (C=O) groups excluding carboxylic acids is 1. The van der Waals surface area contributed by atoms with E-state index >= 15 is 0 Å². The third-order valence-electron chi connectivity index (χ3n) is 1.81. The van der Waals surface area contributed by atoms with Crippen LogP contribution in [0.4, 0.5) is 13.2 Å². The van der Waals surface area contributed by atoms with Crippen LogP contribution in [0.1, 0.15) is 21.5 Å². The maximum absolute atomic E-state index is 12.4. The molecule has 0 aliphatic carbocycles. The molecule has 0 spiro atoms. The van der Waals surface area contributed by atoms with Crippen molar-refractivity contribution in [2.24, 2.45) is 0 Å². The van der Waals surface area contributed by atoms with E-state index in [9.17, 15) is 26.4 Å². The average Bonchev–Trinajstić information content (AvgIpc) is 2.14. The van der Waals surface area contributed by atoms with Crippen LogP contribution in [0.25, 0.3) is 0 Å². The minimum absolute atomic E-state index is 0.302. The Bertz CT molecular complexity index is 582. The van der Waals surface area contributed by atoms with Gasteiger partial charge in [0.15, 0.2) is 0 Å². The summed E-state index contributed by atoms with van der Waals surface area (Å²) in [6.07, 6.45) is -4.62. The lowest BCUT2D eigenvalue weighted by Crippen LogP contribution is -2.07. The Morgan fingerprint density at radius 2 is 1.88 bits per heavy atom. The molecule has 0 bridgehead atoms. The number of benzene rings is 1. The van der Waals surface area contributed by atoms with Gasteiger partial charge in [-0.15, -0.1) is 0 Å². The van der Waals surface area contributed by atoms with Gasteiger partial charge in [0.2, 0.25) is 10.3 Å². The zero-order valence-corrected chi connectivity index (χ0v) is 9.53. The summed E-state index contributed by atoms with van der Waals surface area (Å²) < 4.78 is 57.9. The van der Waals surface area contributed by atoms with E-state index in [1.165, 1.54) is 0 Å². The fourth-order valence-corrected chi connectivity index (χ4v) is 1.69. The van der Waals surface area contributed by atoms with E-state index in [2.05, 4.69) is 0 Å². The van der Waals surface area contributed by atoms with Crippen molar-refractivity contribution in [3.05, 3.63) is 34.9 Å². The van der Waals surface area contributed by atoms with Crippen LogP contribution in [-0.4, -0.2) is 19.0 Å². The minimum Gasteiger partial charge on any atom is -0.276 e. The summed E-state index contributed by atoms with van der Waals surface area (Å²) >= 11 is 5.12. The van der Waals surface area contributed by atoms with E-state index in [1.807, 2.05) is 0 Å². The molecule has 0 N–H and O–H groups in total. The molecule has 17 heavy (non-hydrogen) atoms. The van der Waals surface area contributed by atoms with Crippen molar-refractivity contribution in [1.82, 2.24) is 0 Å². The smallest absolute Gasteiger partial charge is 0.276 e. The summed E-state index contributed by atoms with van der Waals surface area (Å²) in [5.74, 6) is 0. The van der Waals surface area contributed by atoms with Gasteiger partial charge in [-0.05, 0) is 29.8 Å². The van der Waals surface area contributed by atoms with Crippen LogP contribution in [0.2, 0.25) is 0 Å². The molecule has 0 aromatic heterocycles. The van der Waals surface area contributed by atoms with Gasteiger partial charge in [-0.1, -0.05) is 0 Å². The first-order chi connectivity index (χ1) is 7.71. The van der Waals surface area contributed by atoms with Gasteiger partial charge >= 0.3 is 6.18 Å². The van der Waals surface area contributed by atoms with E-state index in [0.717, 1.165) is 6.07 Å². The molecule has 92 valence electrons. The predicted octanol–water partition coefficient (Wildman–Crippen LogP) is 2.11. The topological polar surface area (TPSA) is 51.2 Å². The van der Waals surface area contributed by atoms with Gasteiger partial charge in [0, 0.05) is 11.1 Å². The van der Waals surface area contributed by atoms with Crippen LogP contribution >= 0.6 is 11.6 Å². The molecular weight excluding hydrogens is 281 g/mol. The van der Waals surface area contributed by atoms with Crippen molar-refractivity contribution >= 4 is 32.5 Å². The number of carbonyl (C=O) groups is 1. The molecule has 0 saturated heterocycles. The molecule has 0 aliphatic heterocycles. The molecule has 0 saturated carbocycles. The summed E-state index contributed by atoms with van der Waals surface area (Å²) in [5.41, 5.74) is -1.76. The Labute approximate surface area is 100 Å². The molecule has 8 heteroatoms. The summed E-state index contributed by atoms with van der Waals surface area (Å²) in [6, 6.07) is 2.03. The number of hydrogen-bond acceptors (Lipinski definition) is 3. The van der Waals surface area contributed by atoms with E-state index in [0.29, 0.717) is 17.5 Å². The maximum atomic E-state index is 12.4. The highest BCUT2D eigenvalue weighted by molar-refractivity contribution is 7.71. The van der Waals surface area contributed by atoms with Crippen molar-refractivity contribution in [3.8, 4) is 0 Å². The van der Waals surface area contributed by atoms with Crippen molar-refractivity contribution in [3.63, 3.8) is 0 Å². The maximum Gasteiger partial charge on any atom is 0.416 e. The Morgan fingerprint density at radius 3 is 2.29 bits per heavy atom. The van der Waals surface area contributed by atoms with Crippen LogP contribution in [0.3, 0.4) is 0 Å². The molecule has 0 amide bonds. The number of hydrogen-bond donors (Lipinski definition) is 0. The van der Waals surface area contributed by atoms with Crippen molar-refractivity contribution in [2.75, 3.05) is 0 Å². The van der Waals surface area contributed by atoms with E-state index < -0.39 is 32.8 Å². The highest BCUT2D eigenvalue weighted by Gasteiger charge is 2.31. The molecule has 0 heterocycles. The number of halogens is 4. The van der Waals surface area contributed by atoms with Crippen LogP contribution in [0, 0.1) is 0 Å². The normalized spacial score (nSPS) is 11.1. The summed E-state index contributed by atoms with van der Waals surface area (Å²) in [6.45, 7) is 0. The fraction of sp³-hybridized carbons (Fsp3) is 0.111. The number of alkyl halides is 3. The molecule has 1 aromatic rings. The fourth-order valence-electron chi connectivity index (χ4n) is 1.12. The van der Waals surface area contributed by atoms with Crippen molar-refractivity contribution in [1.29, 1.82) is 0 Å². The monoisotopic (exact) mass is 284 g/mol. The lowest BCUT2D eigenvalue weighted by molar-refractivity contribution is -0.137. The standard InChI is InChI=1S/C9H4ClF3O3S/c10-8(14)7-2-1-6(9(11,12)13)3-5(7)4-17(15)16/h1-4H. The molecular formula is C9H4ClF3O3S. The molecule has 0 atom stereocenters. The Kier molecular flexibility index (Phi) is 3.94. The first-order valence-electron chi connectivity index (χ1n) is 4.06. The second-order valence-corrected chi connectivity index (χ2v) is 4.05. The van der Waals surface area contributed by atoms with Crippen LogP contribution < -0.4 is 0 Å². The van der Waals surface area contributed by atoms with Gasteiger partial charge < -0.3 is 0 Å². The Hall–Kier alpha value is -1.34. The Morgan fingerprint density at radius 1 is 1.29 bits per heavy atom. The summed E-state index contributed by atoms with van der Waals surface area (Å²) in [7, 11) is -2.73. The minimum atomic E-state index is -4.62. The second kappa shape index (κ2) is 4.89. The van der Waals surface area contributed by atoms with Crippen LogP contribution in [0.5, 0.6) is 0 Å². The first kappa shape index (κ1) is 13.7. The quantitative estimate of drug-likeness (QED) is 0.617. The highest BCUT2D eigenvalue weighted by Crippen LogP contribution is 2.30. The molecule has 0 aliphatic rings. The average molecular weight is 285 g/mol. The second-order valence-electron chi connectivity index (χ2n) is 2.95. The van der Waals surface area contributed by atoms with Gasteiger partial charge in [-0.25, -0.2) is 0 Å². The molecule has 1 rings (SSSR count). The zero-order valence-electron chi connectivity index (χ0n) is 7.95. The Balaban J connectivity index is 3.50. The van der Waals surface area contributed by atoms with Gasteiger partial charge in [0.05, 0.1) is 10.9 Å². The van der Waals surface area contributed by atoms with Crippen molar-refractivity contribution < 1.29 is 26.4 Å². The molecule has 3 nitrogen and oxygen atoms in total. The third-order valence-corrected chi connectivity index (χ3v) is 2.46. The predicted molar refractivity (Wildman–Crippen MR) is 55.7 cm³/mol. The van der Waals surface area contributed by atoms with Gasteiger partial charge in [-0.2, -0.15) is 21.6 Å². The third kappa shape index (κ3) is 3.57. The van der Waals surface area contributed by atoms with Gasteiger partial charge in [0.1, 0.15) is 0 Å². The molecule has 0 radical (unpaired) electrons. The van der Waals surface area contributed by atoms with Crippen LogP contribution in [0.15, 0.2) is 18.2 Å². The van der Waals surface area contributed by atoms with Crippen molar-refractivity contribution in [2.45, 2.75) is 6.18 Å². The lowest BCUT2D eigenvalue weighted by Gasteiger charge is -2.08.